The van der Waals surface area contributed by atoms with E-state index in [1.165, 1.54) is 7.11 Å². The first-order valence-corrected chi connectivity index (χ1v) is 5.98. The van der Waals surface area contributed by atoms with Crippen molar-refractivity contribution in [3.05, 3.63) is 34.3 Å². The van der Waals surface area contributed by atoms with Crippen LogP contribution in [0, 0.1) is 0 Å². The molecule has 0 bridgehead atoms. The first kappa shape index (κ1) is 14.5. The predicted molar refractivity (Wildman–Crippen MR) is 67.7 cm³/mol. The normalized spacial score (nSPS) is 9.94. The maximum absolute atomic E-state index is 11.4. The molecule has 0 atom stereocenters. The van der Waals surface area contributed by atoms with Gasteiger partial charge in [-0.25, -0.2) is 4.79 Å². The van der Waals surface area contributed by atoms with Crippen LogP contribution in [-0.4, -0.2) is 25.7 Å². The van der Waals surface area contributed by atoms with Crippen LogP contribution in [0.4, 0.5) is 0 Å². The summed E-state index contributed by atoms with van der Waals surface area (Å²) in [5.74, 6) is -0.745. The highest BCUT2D eigenvalue weighted by atomic mass is 35.5. The smallest absolute Gasteiger partial charge is 0.339 e. The largest absolute Gasteiger partial charge is 0.466 e. The Kier molecular flexibility index (Phi) is 5.65. The van der Waals surface area contributed by atoms with E-state index in [-0.39, 0.29) is 12.4 Å². The lowest BCUT2D eigenvalue weighted by atomic mass is 10.1. The molecule has 0 aliphatic carbocycles. The minimum atomic E-state index is -0.488. The molecule has 0 saturated heterocycles. The summed E-state index contributed by atoms with van der Waals surface area (Å²) >= 11 is 5.89. The highest BCUT2D eigenvalue weighted by molar-refractivity contribution is 6.33. The number of carbonyl (C=O) groups excluding carboxylic acids is 2. The van der Waals surface area contributed by atoms with Gasteiger partial charge in [0.05, 0.1) is 24.3 Å². The molecule has 0 aliphatic rings. The van der Waals surface area contributed by atoms with E-state index in [0.29, 0.717) is 23.6 Å². The van der Waals surface area contributed by atoms with Gasteiger partial charge in [-0.1, -0.05) is 17.7 Å². The Morgan fingerprint density at radius 1 is 1.33 bits per heavy atom. The van der Waals surface area contributed by atoms with E-state index >= 15 is 0 Å². The van der Waals surface area contributed by atoms with E-state index in [9.17, 15) is 9.59 Å². The zero-order valence-corrected chi connectivity index (χ0v) is 11.1. The number of hydrogen-bond donors (Lipinski definition) is 0. The summed E-state index contributed by atoms with van der Waals surface area (Å²) in [5.41, 5.74) is 1.15. The van der Waals surface area contributed by atoms with Gasteiger partial charge in [-0.2, -0.15) is 0 Å². The number of esters is 2. The Morgan fingerprint density at radius 3 is 2.67 bits per heavy atom. The van der Waals surface area contributed by atoms with E-state index in [1.54, 1.807) is 25.1 Å². The number of ether oxygens (including phenoxy) is 2. The molecule has 0 fully saturated rings. The van der Waals surface area contributed by atoms with E-state index in [1.807, 2.05) is 0 Å². The Hall–Kier alpha value is -1.55. The molecular formula is C13H15ClO4. The molecule has 5 heteroatoms. The van der Waals surface area contributed by atoms with Crippen molar-refractivity contribution >= 4 is 23.5 Å². The molecule has 1 aromatic carbocycles. The van der Waals surface area contributed by atoms with Crippen LogP contribution in [0.15, 0.2) is 18.2 Å². The van der Waals surface area contributed by atoms with Crippen molar-refractivity contribution in [1.29, 1.82) is 0 Å². The lowest BCUT2D eigenvalue weighted by Crippen LogP contribution is -2.06. The fourth-order valence-electron chi connectivity index (χ4n) is 1.47. The first-order valence-electron chi connectivity index (χ1n) is 5.60. The van der Waals surface area contributed by atoms with Gasteiger partial charge in [0.15, 0.2) is 0 Å². The maximum atomic E-state index is 11.4. The highest BCUT2D eigenvalue weighted by Gasteiger charge is 2.12. The third-order valence-electron chi connectivity index (χ3n) is 2.36. The van der Waals surface area contributed by atoms with Gasteiger partial charge in [0.25, 0.3) is 0 Å². The average Bonchev–Trinajstić information content (AvgIpc) is 2.37. The molecule has 0 aromatic heterocycles. The summed E-state index contributed by atoms with van der Waals surface area (Å²) in [6.07, 6.45) is 0.774. The van der Waals surface area contributed by atoms with Crippen LogP contribution < -0.4 is 0 Å². The molecule has 0 saturated carbocycles. The third kappa shape index (κ3) is 4.04. The molecule has 0 unspecified atom stereocenters. The molecule has 4 nitrogen and oxygen atoms in total. The first-order chi connectivity index (χ1) is 8.58. The lowest BCUT2D eigenvalue weighted by Gasteiger charge is -2.06. The van der Waals surface area contributed by atoms with Crippen LogP contribution in [0.1, 0.15) is 29.3 Å². The van der Waals surface area contributed by atoms with Crippen molar-refractivity contribution in [1.82, 2.24) is 0 Å². The number of carbonyl (C=O) groups is 2. The van der Waals surface area contributed by atoms with Gasteiger partial charge in [0, 0.05) is 6.42 Å². The maximum Gasteiger partial charge on any atom is 0.339 e. The number of halogens is 1. The van der Waals surface area contributed by atoms with Crippen molar-refractivity contribution in [2.75, 3.05) is 13.7 Å². The van der Waals surface area contributed by atoms with Crippen LogP contribution in [0.3, 0.4) is 0 Å². The quantitative estimate of drug-likeness (QED) is 0.772. The van der Waals surface area contributed by atoms with Crippen LogP contribution in [0.2, 0.25) is 5.02 Å². The summed E-state index contributed by atoms with van der Waals surface area (Å²) in [4.78, 5) is 22.6. The monoisotopic (exact) mass is 270 g/mol. The molecule has 0 heterocycles. The third-order valence-corrected chi connectivity index (χ3v) is 2.69. The fraction of sp³-hybridized carbons (Fsp3) is 0.385. The van der Waals surface area contributed by atoms with Crippen LogP contribution >= 0.6 is 11.6 Å². The van der Waals surface area contributed by atoms with Gasteiger partial charge in [-0.05, 0) is 31.0 Å². The Labute approximate surface area is 111 Å². The zero-order valence-electron chi connectivity index (χ0n) is 10.4. The minimum Gasteiger partial charge on any atom is -0.466 e. The Bertz CT molecular complexity index is 443. The van der Waals surface area contributed by atoms with Gasteiger partial charge in [0.2, 0.25) is 0 Å². The molecule has 18 heavy (non-hydrogen) atoms. The van der Waals surface area contributed by atoms with Gasteiger partial charge in [-0.15, -0.1) is 0 Å². The second kappa shape index (κ2) is 7.01. The van der Waals surface area contributed by atoms with E-state index in [2.05, 4.69) is 4.74 Å². The number of rotatable bonds is 5. The van der Waals surface area contributed by atoms with E-state index < -0.39 is 5.97 Å². The second-order valence-corrected chi connectivity index (χ2v) is 4.02. The summed E-state index contributed by atoms with van der Waals surface area (Å²) in [5, 5.41) is 0.335. The molecule has 0 N–H and O–H groups in total. The average molecular weight is 271 g/mol. The number of aryl methyl sites for hydroxylation is 1. The number of benzene rings is 1. The SMILES string of the molecule is CCOC(=O)CCc1ccc(Cl)c(C(=O)OC)c1. The second-order valence-electron chi connectivity index (χ2n) is 3.61. The Morgan fingerprint density at radius 2 is 2.06 bits per heavy atom. The summed E-state index contributed by atoms with van der Waals surface area (Å²) < 4.78 is 9.45. The molecule has 0 aliphatic heterocycles. The molecule has 1 aromatic rings. The molecule has 0 spiro atoms. The van der Waals surface area contributed by atoms with Crippen molar-refractivity contribution in [3.8, 4) is 0 Å². The van der Waals surface area contributed by atoms with E-state index in [4.69, 9.17) is 16.3 Å². The molecular weight excluding hydrogens is 256 g/mol. The predicted octanol–water partition coefficient (Wildman–Crippen LogP) is 2.62. The van der Waals surface area contributed by atoms with Gasteiger partial charge in [-0.3, -0.25) is 4.79 Å². The molecule has 0 amide bonds. The minimum absolute atomic E-state index is 0.257. The molecule has 98 valence electrons. The number of methoxy groups -OCH3 is 1. The van der Waals surface area contributed by atoms with Gasteiger partial charge >= 0.3 is 11.9 Å². The summed E-state index contributed by atoms with van der Waals surface area (Å²) in [6, 6.07) is 5.02. The lowest BCUT2D eigenvalue weighted by molar-refractivity contribution is -0.143. The standard InChI is InChI=1S/C13H15ClO4/c1-3-18-12(15)7-5-9-4-6-11(14)10(8-9)13(16)17-2/h4,6,8H,3,5,7H2,1-2H3. The topological polar surface area (TPSA) is 52.6 Å². The van der Waals surface area contributed by atoms with Crippen molar-refractivity contribution < 1.29 is 19.1 Å². The Balaban J connectivity index is 2.73. The van der Waals surface area contributed by atoms with Crippen molar-refractivity contribution in [3.63, 3.8) is 0 Å². The highest BCUT2D eigenvalue weighted by Crippen LogP contribution is 2.19. The van der Waals surface area contributed by atoms with Gasteiger partial charge < -0.3 is 9.47 Å². The molecule has 0 radical (unpaired) electrons. The molecule has 1 rings (SSSR count). The van der Waals surface area contributed by atoms with Crippen molar-refractivity contribution in [2.24, 2.45) is 0 Å². The number of hydrogen-bond acceptors (Lipinski definition) is 4. The van der Waals surface area contributed by atoms with Crippen LogP contribution in [-0.2, 0) is 20.7 Å². The fourth-order valence-corrected chi connectivity index (χ4v) is 1.67. The van der Waals surface area contributed by atoms with Crippen molar-refractivity contribution in [2.45, 2.75) is 19.8 Å². The van der Waals surface area contributed by atoms with Crippen LogP contribution in [0.25, 0.3) is 0 Å². The summed E-state index contributed by atoms with van der Waals surface area (Å²) in [7, 11) is 1.30. The van der Waals surface area contributed by atoms with Gasteiger partial charge in [0.1, 0.15) is 0 Å². The van der Waals surface area contributed by atoms with Crippen LogP contribution in [0.5, 0.6) is 0 Å². The summed E-state index contributed by atoms with van der Waals surface area (Å²) in [6.45, 7) is 2.13. The zero-order chi connectivity index (χ0) is 13.5. The van der Waals surface area contributed by atoms with E-state index in [0.717, 1.165) is 5.56 Å².